The van der Waals surface area contributed by atoms with E-state index < -0.39 is 5.97 Å². The Labute approximate surface area is 151 Å². The number of rotatable bonds is 4. The Bertz CT molecular complexity index is 1150. The molecule has 0 saturated heterocycles. The Morgan fingerprint density at radius 3 is 2.70 bits per heavy atom. The molecule has 0 aromatic carbocycles. The molecule has 1 N–H and O–H groups in total. The van der Waals surface area contributed by atoms with E-state index in [-0.39, 0.29) is 17.3 Å². The van der Waals surface area contributed by atoms with Gasteiger partial charge in [-0.3, -0.25) is 0 Å². The van der Waals surface area contributed by atoms with Crippen molar-refractivity contribution in [1.82, 2.24) is 39.6 Å². The second kappa shape index (κ2) is 6.40. The van der Waals surface area contributed by atoms with Gasteiger partial charge in [0, 0.05) is 12.4 Å². The molecular formula is C15H14N10O2. The average Bonchev–Trinajstić information content (AvgIpc) is 3.32. The van der Waals surface area contributed by atoms with Crippen molar-refractivity contribution in [3.63, 3.8) is 0 Å². The summed E-state index contributed by atoms with van der Waals surface area (Å²) < 4.78 is 7.54. The van der Waals surface area contributed by atoms with E-state index in [0.717, 1.165) is 0 Å². The van der Waals surface area contributed by atoms with E-state index in [0.29, 0.717) is 22.9 Å². The number of fused-ring (bicyclic) bond motifs is 1. The summed E-state index contributed by atoms with van der Waals surface area (Å²) in [6.45, 7) is 3.59. The summed E-state index contributed by atoms with van der Waals surface area (Å²) in [6.07, 6.45) is 4.44. The van der Waals surface area contributed by atoms with Gasteiger partial charge < -0.3 is 9.72 Å². The van der Waals surface area contributed by atoms with Crippen molar-refractivity contribution in [3.8, 4) is 5.95 Å². The third-order valence-electron chi connectivity index (χ3n) is 3.69. The molecule has 0 aliphatic rings. The topological polar surface area (TPSA) is 141 Å². The molecule has 4 rings (SSSR count). The third kappa shape index (κ3) is 2.82. The highest BCUT2D eigenvalue weighted by atomic mass is 16.5. The first kappa shape index (κ1) is 16.5. The average molecular weight is 366 g/mol. The molecule has 0 aliphatic carbocycles. The van der Waals surface area contributed by atoms with Crippen LogP contribution < -0.4 is 0 Å². The lowest BCUT2D eigenvalue weighted by atomic mass is 10.3. The fourth-order valence-electron chi connectivity index (χ4n) is 2.48. The van der Waals surface area contributed by atoms with Crippen LogP contribution in [0.15, 0.2) is 34.9 Å². The molecule has 4 heterocycles. The third-order valence-corrected chi connectivity index (χ3v) is 3.69. The number of ether oxygens (including phenoxy) is 1. The van der Waals surface area contributed by atoms with Crippen molar-refractivity contribution in [2.75, 3.05) is 7.11 Å². The highest BCUT2D eigenvalue weighted by Crippen LogP contribution is 2.28. The molecule has 4 aromatic rings. The fourth-order valence-corrected chi connectivity index (χ4v) is 2.48. The van der Waals surface area contributed by atoms with Crippen LogP contribution in [-0.2, 0) is 4.74 Å². The summed E-state index contributed by atoms with van der Waals surface area (Å²) >= 11 is 0. The van der Waals surface area contributed by atoms with E-state index in [4.69, 9.17) is 4.74 Å². The summed E-state index contributed by atoms with van der Waals surface area (Å²) in [7, 11) is 1.28. The second-order valence-corrected chi connectivity index (χ2v) is 5.52. The highest BCUT2D eigenvalue weighted by Gasteiger charge is 2.21. The maximum atomic E-state index is 12.1. The first-order valence-electron chi connectivity index (χ1n) is 7.86. The molecule has 0 atom stereocenters. The van der Waals surface area contributed by atoms with Crippen molar-refractivity contribution in [2.24, 2.45) is 10.2 Å². The number of carbonyl (C=O) groups is 1. The number of hydrogen-bond donors (Lipinski definition) is 1. The zero-order valence-corrected chi connectivity index (χ0v) is 14.7. The minimum atomic E-state index is -0.597. The quantitative estimate of drug-likeness (QED) is 0.429. The number of methoxy groups -OCH3 is 1. The van der Waals surface area contributed by atoms with Crippen LogP contribution in [0.2, 0.25) is 0 Å². The molecule has 4 aromatic heterocycles. The number of nitrogens with one attached hydrogen (secondary N) is 1. The molecule has 0 saturated carbocycles. The lowest BCUT2D eigenvalue weighted by Gasteiger charge is -2.02. The number of esters is 1. The summed E-state index contributed by atoms with van der Waals surface area (Å²) in [5.74, 6) is 0.478. The van der Waals surface area contributed by atoms with Crippen molar-refractivity contribution in [1.29, 1.82) is 0 Å². The molecule has 0 bridgehead atoms. The standard InChI is InChI=1S/C15H14N10O2/c1-8-11(13-19-9(2)23-25(13)22-8)20-21-12-10(14(26)27-3)7-18-24(12)15-16-5-4-6-17-15/h4-7H,1-3H3,(H,19,23)/b21-20+. The first-order chi connectivity index (χ1) is 13.1. The van der Waals surface area contributed by atoms with Crippen molar-refractivity contribution in [3.05, 3.63) is 41.7 Å². The van der Waals surface area contributed by atoms with Crippen molar-refractivity contribution < 1.29 is 9.53 Å². The monoisotopic (exact) mass is 366 g/mol. The number of aryl methyl sites for hydroxylation is 2. The van der Waals surface area contributed by atoms with Crippen LogP contribution in [0, 0.1) is 13.8 Å². The van der Waals surface area contributed by atoms with Gasteiger partial charge in [-0.2, -0.15) is 14.9 Å². The molecule has 12 heteroatoms. The minimum Gasteiger partial charge on any atom is -0.465 e. The molecule has 0 amide bonds. The normalized spacial score (nSPS) is 11.5. The fraction of sp³-hybridized carbons (Fsp3) is 0.200. The van der Waals surface area contributed by atoms with Gasteiger partial charge in [-0.05, 0) is 19.9 Å². The molecule has 12 nitrogen and oxygen atoms in total. The highest BCUT2D eigenvalue weighted by molar-refractivity contribution is 5.94. The molecule has 0 aliphatic heterocycles. The van der Waals surface area contributed by atoms with E-state index in [9.17, 15) is 4.79 Å². The Morgan fingerprint density at radius 2 is 1.96 bits per heavy atom. The largest absolute Gasteiger partial charge is 0.465 e. The van der Waals surface area contributed by atoms with E-state index in [2.05, 4.69) is 40.5 Å². The van der Waals surface area contributed by atoms with Crippen LogP contribution in [0.1, 0.15) is 21.9 Å². The van der Waals surface area contributed by atoms with Crippen LogP contribution in [-0.4, -0.2) is 52.6 Å². The summed E-state index contributed by atoms with van der Waals surface area (Å²) in [4.78, 5) is 23.4. The van der Waals surface area contributed by atoms with Crippen molar-refractivity contribution >= 4 is 23.1 Å². The number of H-pyrrole nitrogens is 1. The van der Waals surface area contributed by atoms with Gasteiger partial charge in [-0.25, -0.2) is 14.8 Å². The Balaban J connectivity index is 1.84. The maximum absolute atomic E-state index is 12.1. The van der Waals surface area contributed by atoms with Crippen LogP contribution in [0.3, 0.4) is 0 Å². The van der Waals surface area contributed by atoms with E-state index in [1.165, 1.54) is 22.6 Å². The van der Waals surface area contributed by atoms with Gasteiger partial charge in [0.05, 0.1) is 19.0 Å². The summed E-state index contributed by atoms with van der Waals surface area (Å²) in [5.41, 5.74) is 1.85. The van der Waals surface area contributed by atoms with Gasteiger partial charge in [0.1, 0.15) is 11.4 Å². The van der Waals surface area contributed by atoms with Gasteiger partial charge in [-0.1, -0.05) is 0 Å². The molecule has 0 radical (unpaired) electrons. The maximum Gasteiger partial charge on any atom is 0.343 e. The Hall–Kier alpha value is -3.96. The molecule has 0 unspecified atom stereocenters. The number of hydrogen-bond acceptors (Lipinski definition) is 9. The van der Waals surface area contributed by atoms with Gasteiger partial charge in [0.2, 0.25) is 0 Å². The lowest BCUT2D eigenvalue weighted by molar-refractivity contribution is 0.0601. The molecule has 27 heavy (non-hydrogen) atoms. The minimum absolute atomic E-state index is 0.135. The van der Waals surface area contributed by atoms with Crippen LogP contribution in [0.5, 0.6) is 0 Å². The SMILES string of the molecule is COC(=O)c1cnn(-c2ncccn2)c1/N=N/c1c(C)nn2nc(C)[nH]c12. The zero-order valence-electron chi connectivity index (χ0n) is 14.7. The Morgan fingerprint density at radius 1 is 1.19 bits per heavy atom. The van der Waals surface area contributed by atoms with Crippen LogP contribution in [0.25, 0.3) is 11.6 Å². The second-order valence-electron chi connectivity index (χ2n) is 5.52. The molecule has 136 valence electrons. The van der Waals surface area contributed by atoms with Gasteiger partial charge >= 0.3 is 5.97 Å². The number of aromatic amines is 1. The van der Waals surface area contributed by atoms with Gasteiger partial charge in [-0.15, -0.1) is 20.0 Å². The van der Waals surface area contributed by atoms with Gasteiger partial charge in [0.15, 0.2) is 17.2 Å². The number of azo groups is 1. The summed E-state index contributed by atoms with van der Waals surface area (Å²) in [6, 6.07) is 1.67. The van der Waals surface area contributed by atoms with E-state index in [1.807, 2.05) is 6.92 Å². The number of aromatic nitrogens is 8. The molecular weight excluding hydrogens is 352 g/mol. The van der Waals surface area contributed by atoms with E-state index >= 15 is 0 Å². The lowest BCUT2D eigenvalue weighted by Crippen LogP contribution is -2.03. The first-order valence-corrected chi connectivity index (χ1v) is 7.86. The predicted molar refractivity (Wildman–Crippen MR) is 91.5 cm³/mol. The van der Waals surface area contributed by atoms with Crippen LogP contribution >= 0.6 is 0 Å². The number of nitrogens with zero attached hydrogens (tertiary/aromatic N) is 9. The smallest absolute Gasteiger partial charge is 0.343 e. The molecule has 0 fully saturated rings. The van der Waals surface area contributed by atoms with Crippen molar-refractivity contribution in [2.45, 2.75) is 13.8 Å². The number of carbonyl (C=O) groups excluding carboxylic acids is 1. The Kier molecular flexibility index (Phi) is 3.91. The zero-order chi connectivity index (χ0) is 19.0. The van der Waals surface area contributed by atoms with E-state index in [1.54, 1.807) is 25.4 Å². The summed E-state index contributed by atoms with van der Waals surface area (Å²) in [5, 5.41) is 21.1. The van der Waals surface area contributed by atoms with Gasteiger partial charge in [0.25, 0.3) is 5.95 Å². The van der Waals surface area contributed by atoms with Crippen LogP contribution in [0.4, 0.5) is 11.5 Å². The predicted octanol–water partition coefficient (Wildman–Crippen LogP) is 1.85. The molecule has 0 spiro atoms.